The Balaban J connectivity index is 2.10. The zero-order valence-corrected chi connectivity index (χ0v) is 10.1. The van der Waals surface area contributed by atoms with Crippen LogP contribution in [0, 0.1) is 0 Å². The van der Waals surface area contributed by atoms with Gasteiger partial charge in [0, 0.05) is 18.6 Å². The van der Waals surface area contributed by atoms with Crippen molar-refractivity contribution in [1.82, 2.24) is 0 Å². The van der Waals surface area contributed by atoms with Crippen molar-refractivity contribution in [1.29, 1.82) is 0 Å². The number of anilines is 1. The number of carbonyl (C=O) groups excluding carboxylic acids is 3. The van der Waals surface area contributed by atoms with Crippen LogP contribution in [0.3, 0.4) is 0 Å². The Hall–Kier alpha value is -2.23. The SMILES string of the molecule is CC(=O)CCc1ccc(N2C(=O)C=CC2=O)cc1. The quantitative estimate of drug-likeness (QED) is 0.755. The molecule has 0 aromatic heterocycles. The first-order valence-corrected chi connectivity index (χ1v) is 5.72. The number of rotatable bonds is 4. The predicted octanol–water partition coefficient (Wildman–Crippen LogP) is 1.64. The maximum atomic E-state index is 11.5. The van der Waals surface area contributed by atoms with Crippen molar-refractivity contribution in [3.8, 4) is 0 Å². The molecule has 0 aliphatic carbocycles. The molecule has 0 saturated carbocycles. The molecule has 1 aliphatic rings. The van der Waals surface area contributed by atoms with Crippen LogP contribution in [0.2, 0.25) is 0 Å². The molecule has 2 amide bonds. The van der Waals surface area contributed by atoms with Crippen molar-refractivity contribution in [2.24, 2.45) is 0 Å². The van der Waals surface area contributed by atoms with Crippen LogP contribution in [-0.2, 0) is 20.8 Å². The van der Waals surface area contributed by atoms with E-state index >= 15 is 0 Å². The van der Waals surface area contributed by atoms with Crippen LogP contribution in [0.15, 0.2) is 36.4 Å². The lowest BCUT2D eigenvalue weighted by atomic mass is 10.1. The lowest BCUT2D eigenvalue weighted by molar-refractivity contribution is -0.120. The first-order chi connectivity index (χ1) is 8.58. The summed E-state index contributed by atoms with van der Waals surface area (Å²) < 4.78 is 0. The van der Waals surface area contributed by atoms with Crippen LogP contribution in [0.4, 0.5) is 5.69 Å². The molecular formula is C14H13NO3. The van der Waals surface area contributed by atoms with E-state index in [2.05, 4.69) is 0 Å². The molecule has 4 heteroatoms. The smallest absolute Gasteiger partial charge is 0.258 e. The van der Waals surface area contributed by atoms with E-state index < -0.39 is 0 Å². The molecule has 0 radical (unpaired) electrons. The van der Waals surface area contributed by atoms with Crippen molar-refractivity contribution in [3.63, 3.8) is 0 Å². The average Bonchev–Trinajstić information content (AvgIpc) is 2.67. The lowest BCUT2D eigenvalue weighted by Gasteiger charge is -2.14. The number of Topliss-reactive ketones (excluding diaryl/α,β-unsaturated/α-hetero) is 1. The molecule has 0 saturated heterocycles. The number of ketones is 1. The molecule has 1 aromatic carbocycles. The van der Waals surface area contributed by atoms with E-state index in [0.29, 0.717) is 18.5 Å². The molecule has 0 atom stereocenters. The van der Waals surface area contributed by atoms with Crippen molar-refractivity contribution < 1.29 is 14.4 Å². The number of carbonyl (C=O) groups is 3. The lowest BCUT2D eigenvalue weighted by Crippen LogP contribution is -2.29. The van der Waals surface area contributed by atoms with Crippen LogP contribution >= 0.6 is 0 Å². The first kappa shape index (κ1) is 12.2. The third kappa shape index (κ3) is 2.53. The second-order valence-corrected chi connectivity index (χ2v) is 4.21. The Morgan fingerprint density at radius 3 is 2.11 bits per heavy atom. The third-order valence-corrected chi connectivity index (χ3v) is 2.77. The van der Waals surface area contributed by atoms with Crippen molar-refractivity contribution >= 4 is 23.3 Å². The fourth-order valence-corrected chi connectivity index (χ4v) is 1.79. The van der Waals surface area contributed by atoms with Crippen molar-refractivity contribution in [2.45, 2.75) is 19.8 Å². The molecule has 1 aromatic rings. The zero-order valence-electron chi connectivity index (χ0n) is 10.1. The Kier molecular flexibility index (Phi) is 3.37. The Morgan fingerprint density at radius 1 is 1.06 bits per heavy atom. The van der Waals surface area contributed by atoms with Gasteiger partial charge < -0.3 is 4.79 Å². The summed E-state index contributed by atoms with van der Waals surface area (Å²) in [6.07, 6.45) is 3.69. The molecular weight excluding hydrogens is 230 g/mol. The fourth-order valence-electron chi connectivity index (χ4n) is 1.79. The summed E-state index contributed by atoms with van der Waals surface area (Å²) in [5.74, 6) is -0.499. The summed E-state index contributed by atoms with van der Waals surface area (Å²) in [5, 5.41) is 0. The molecule has 18 heavy (non-hydrogen) atoms. The number of hydrogen-bond donors (Lipinski definition) is 0. The molecule has 1 aliphatic heterocycles. The van der Waals surface area contributed by atoms with Crippen molar-refractivity contribution in [2.75, 3.05) is 4.90 Å². The van der Waals surface area contributed by atoms with E-state index in [1.165, 1.54) is 12.2 Å². The summed E-state index contributed by atoms with van der Waals surface area (Å²) in [4.78, 5) is 34.9. The molecule has 2 rings (SSSR count). The average molecular weight is 243 g/mol. The van der Waals surface area contributed by atoms with Crippen LogP contribution in [0.5, 0.6) is 0 Å². The van der Waals surface area contributed by atoms with Gasteiger partial charge in [0.25, 0.3) is 11.8 Å². The highest BCUT2D eigenvalue weighted by Crippen LogP contribution is 2.19. The summed E-state index contributed by atoms with van der Waals surface area (Å²) in [6, 6.07) is 7.10. The van der Waals surface area contributed by atoms with Gasteiger partial charge in [0.2, 0.25) is 0 Å². The molecule has 0 unspecified atom stereocenters. The minimum atomic E-state index is -0.323. The van der Waals surface area contributed by atoms with Crippen LogP contribution in [-0.4, -0.2) is 17.6 Å². The highest BCUT2D eigenvalue weighted by molar-refractivity contribution is 6.28. The maximum Gasteiger partial charge on any atom is 0.258 e. The summed E-state index contributed by atoms with van der Waals surface area (Å²) >= 11 is 0. The second-order valence-electron chi connectivity index (χ2n) is 4.21. The Labute approximate surface area is 105 Å². The van der Waals surface area contributed by atoms with Gasteiger partial charge in [-0.1, -0.05) is 12.1 Å². The van der Waals surface area contributed by atoms with E-state index in [9.17, 15) is 14.4 Å². The fraction of sp³-hybridized carbons (Fsp3) is 0.214. The van der Waals surface area contributed by atoms with Gasteiger partial charge in [0.05, 0.1) is 5.69 Å². The molecule has 1 heterocycles. The number of imide groups is 1. The summed E-state index contributed by atoms with van der Waals surface area (Å²) in [7, 11) is 0. The number of nitrogens with zero attached hydrogens (tertiary/aromatic N) is 1. The van der Waals surface area contributed by atoms with Gasteiger partial charge in [0.1, 0.15) is 5.78 Å². The van der Waals surface area contributed by atoms with Gasteiger partial charge in [-0.05, 0) is 31.0 Å². The third-order valence-electron chi connectivity index (χ3n) is 2.77. The van der Waals surface area contributed by atoms with Gasteiger partial charge >= 0.3 is 0 Å². The van der Waals surface area contributed by atoms with E-state index in [-0.39, 0.29) is 17.6 Å². The topological polar surface area (TPSA) is 54.5 Å². The minimum absolute atomic E-state index is 0.146. The highest BCUT2D eigenvalue weighted by atomic mass is 16.2. The van der Waals surface area contributed by atoms with Crippen LogP contribution in [0.1, 0.15) is 18.9 Å². The molecule has 4 nitrogen and oxygen atoms in total. The molecule has 0 spiro atoms. The molecule has 0 fully saturated rings. The Bertz CT molecular complexity index is 510. The van der Waals surface area contributed by atoms with E-state index in [1.807, 2.05) is 12.1 Å². The monoisotopic (exact) mass is 243 g/mol. The summed E-state index contributed by atoms with van der Waals surface area (Å²) in [6.45, 7) is 1.56. The standard InChI is InChI=1S/C14H13NO3/c1-10(16)2-3-11-4-6-12(7-5-11)15-13(17)8-9-14(15)18/h4-9H,2-3H2,1H3. The van der Waals surface area contributed by atoms with E-state index in [1.54, 1.807) is 19.1 Å². The normalized spacial score (nSPS) is 14.4. The van der Waals surface area contributed by atoms with Gasteiger partial charge in [-0.3, -0.25) is 9.59 Å². The van der Waals surface area contributed by atoms with Crippen LogP contribution in [0.25, 0.3) is 0 Å². The van der Waals surface area contributed by atoms with Gasteiger partial charge in [-0.15, -0.1) is 0 Å². The molecule has 0 bridgehead atoms. The van der Waals surface area contributed by atoms with E-state index in [0.717, 1.165) is 10.5 Å². The van der Waals surface area contributed by atoms with Crippen molar-refractivity contribution in [3.05, 3.63) is 42.0 Å². The van der Waals surface area contributed by atoms with Crippen LogP contribution < -0.4 is 4.90 Å². The molecule has 92 valence electrons. The predicted molar refractivity (Wildman–Crippen MR) is 67.1 cm³/mol. The number of aryl methyl sites for hydroxylation is 1. The minimum Gasteiger partial charge on any atom is -0.300 e. The largest absolute Gasteiger partial charge is 0.300 e. The number of amides is 2. The van der Waals surface area contributed by atoms with Gasteiger partial charge in [0.15, 0.2) is 0 Å². The maximum absolute atomic E-state index is 11.5. The van der Waals surface area contributed by atoms with Gasteiger partial charge in [-0.25, -0.2) is 4.90 Å². The number of benzene rings is 1. The second kappa shape index (κ2) is 4.96. The van der Waals surface area contributed by atoms with E-state index in [4.69, 9.17) is 0 Å². The number of hydrogen-bond acceptors (Lipinski definition) is 3. The zero-order chi connectivity index (χ0) is 13.1. The highest BCUT2D eigenvalue weighted by Gasteiger charge is 2.24. The molecule has 0 N–H and O–H groups in total. The summed E-state index contributed by atoms with van der Waals surface area (Å²) in [5.41, 5.74) is 1.57. The Morgan fingerprint density at radius 2 is 1.61 bits per heavy atom. The first-order valence-electron chi connectivity index (χ1n) is 5.72. The van der Waals surface area contributed by atoms with Gasteiger partial charge in [-0.2, -0.15) is 0 Å².